The number of anilines is 1. The Labute approximate surface area is 238 Å². The third kappa shape index (κ3) is 5.82. The lowest BCUT2D eigenvalue weighted by molar-refractivity contribution is -0.141. The number of nitrogens with one attached hydrogen (secondary N) is 2. The fourth-order valence-corrected chi connectivity index (χ4v) is 5.13. The highest BCUT2D eigenvalue weighted by atomic mass is 19.4. The van der Waals surface area contributed by atoms with Crippen LogP contribution in [0.1, 0.15) is 51.6 Å². The normalized spacial score (nSPS) is 14.5. The summed E-state index contributed by atoms with van der Waals surface area (Å²) in [7, 11) is 0. The molecule has 0 aliphatic heterocycles. The third-order valence-corrected chi connectivity index (χ3v) is 7.27. The summed E-state index contributed by atoms with van der Waals surface area (Å²) in [6, 6.07) is 22.8. The highest BCUT2D eigenvalue weighted by Crippen LogP contribution is 2.58. The largest absolute Gasteiger partial charge is 0.465 e. The standard InChI is InChI=1S/C30H26F3N5O4/c31-30(32,33)24-16-23(38(37-24)22-11-4-6-18(14-22)17-35-28(41)42)26(39)36-21-10-5-9-20(15-21)25(19-7-2-1-3-8-19)29(12-13-29)27(34)40/h1-11,14-16,25,35H,12-13,17H2,(H2,34,40)(H,36,39)(H,41,42). The van der Waals surface area contributed by atoms with E-state index in [1.165, 1.54) is 18.2 Å². The van der Waals surface area contributed by atoms with Crippen LogP contribution in [0, 0.1) is 5.41 Å². The molecule has 1 aliphatic rings. The van der Waals surface area contributed by atoms with Gasteiger partial charge in [0.2, 0.25) is 5.91 Å². The number of nitrogens with zero attached hydrogens (tertiary/aromatic N) is 2. The van der Waals surface area contributed by atoms with Crippen LogP contribution in [-0.2, 0) is 17.5 Å². The van der Waals surface area contributed by atoms with Crippen molar-refractivity contribution in [2.45, 2.75) is 31.5 Å². The number of aromatic nitrogens is 2. The van der Waals surface area contributed by atoms with Crippen LogP contribution in [0.3, 0.4) is 0 Å². The van der Waals surface area contributed by atoms with Gasteiger partial charge in [-0.1, -0.05) is 54.6 Å². The molecule has 1 saturated carbocycles. The minimum Gasteiger partial charge on any atom is -0.465 e. The minimum atomic E-state index is -4.82. The molecule has 9 nitrogen and oxygen atoms in total. The van der Waals surface area contributed by atoms with E-state index in [0.29, 0.717) is 30.2 Å². The number of rotatable bonds is 9. The molecule has 0 bridgehead atoms. The fraction of sp³-hybridized carbons (Fsp3) is 0.200. The molecule has 5 rings (SSSR count). The molecule has 5 N–H and O–H groups in total. The van der Waals surface area contributed by atoms with Crippen molar-refractivity contribution in [2.24, 2.45) is 11.1 Å². The Balaban J connectivity index is 1.49. The maximum atomic E-state index is 13.6. The number of hydrogen-bond acceptors (Lipinski definition) is 4. The maximum Gasteiger partial charge on any atom is 0.435 e. The quantitative estimate of drug-likeness (QED) is 0.214. The third-order valence-electron chi connectivity index (χ3n) is 7.27. The molecular formula is C30H26F3N5O4. The Morgan fingerprint density at radius 2 is 1.64 bits per heavy atom. The molecule has 0 spiro atoms. The summed E-state index contributed by atoms with van der Waals surface area (Å²) in [6.45, 7) is -0.0970. The molecule has 216 valence electrons. The summed E-state index contributed by atoms with van der Waals surface area (Å²) in [5.41, 5.74) is 5.88. The molecular weight excluding hydrogens is 551 g/mol. The van der Waals surface area contributed by atoms with Gasteiger partial charge in [-0.2, -0.15) is 18.3 Å². The molecule has 4 aromatic rings. The molecule has 3 aromatic carbocycles. The molecule has 42 heavy (non-hydrogen) atoms. The van der Waals surface area contributed by atoms with Gasteiger partial charge in [-0.25, -0.2) is 9.48 Å². The van der Waals surface area contributed by atoms with Crippen molar-refractivity contribution in [3.05, 3.63) is 113 Å². The van der Waals surface area contributed by atoms with Crippen molar-refractivity contribution < 1.29 is 32.7 Å². The summed E-state index contributed by atoms with van der Waals surface area (Å²) < 4.78 is 41.8. The first-order chi connectivity index (χ1) is 20.0. The van der Waals surface area contributed by atoms with Crippen LogP contribution >= 0.6 is 0 Å². The Morgan fingerprint density at radius 1 is 0.952 bits per heavy atom. The number of carbonyl (C=O) groups is 3. The number of benzene rings is 3. The minimum absolute atomic E-state index is 0.0970. The van der Waals surface area contributed by atoms with Crippen LogP contribution < -0.4 is 16.4 Å². The predicted octanol–water partition coefficient (Wildman–Crippen LogP) is 5.31. The summed E-state index contributed by atoms with van der Waals surface area (Å²) in [5.74, 6) is -1.65. The van der Waals surface area contributed by atoms with Crippen molar-refractivity contribution in [2.75, 3.05) is 5.32 Å². The Hall–Kier alpha value is -5.13. The van der Waals surface area contributed by atoms with Crippen molar-refractivity contribution in [1.29, 1.82) is 0 Å². The fourth-order valence-electron chi connectivity index (χ4n) is 5.13. The van der Waals surface area contributed by atoms with Gasteiger partial charge < -0.3 is 21.5 Å². The molecule has 1 aliphatic carbocycles. The lowest BCUT2D eigenvalue weighted by Gasteiger charge is -2.26. The van der Waals surface area contributed by atoms with E-state index in [-0.39, 0.29) is 23.8 Å². The van der Waals surface area contributed by atoms with E-state index < -0.39 is 35.2 Å². The van der Waals surface area contributed by atoms with Gasteiger partial charge >= 0.3 is 12.3 Å². The topological polar surface area (TPSA) is 139 Å². The molecule has 1 heterocycles. The summed E-state index contributed by atoms with van der Waals surface area (Å²) in [6.07, 6.45) is -4.87. The number of halogens is 3. The van der Waals surface area contributed by atoms with Gasteiger partial charge in [0.15, 0.2) is 5.69 Å². The zero-order valence-electron chi connectivity index (χ0n) is 22.1. The number of carboxylic acid groups (broad SMARTS) is 1. The highest BCUT2D eigenvalue weighted by Gasteiger charge is 2.55. The molecule has 0 radical (unpaired) electrons. The van der Waals surface area contributed by atoms with Crippen LogP contribution in [0.5, 0.6) is 0 Å². The SMILES string of the molecule is NC(=O)C1(C(c2ccccc2)c2cccc(NC(=O)c3cc(C(F)(F)F)nn3-c3cccc(CNC(=O)O)c3)c2)CC1. The summed E-state index contributed by atoms with van der Waals surface area (Å²) in [5, 5.41) is 17.4. The van der Waals surface area contributed by atoms with Crippen LogP contribution in [0.4, 0.5) is 23.7 Å². The Morgan fingerprint density at radius 3 is 2.29 bits per heavy atom. The van der Waals surface area contributed by atoms with Crippen molar-refractivity contribution in [1.82, 2.24) is 15.1 Å². The van der Waals surface area contributed by atoms with E-state index in [2.05, 4.69) is 15.7 Å². The number of amides is 3. The molecule has 12 heteroatoms. The molecule has 1 fully saturated rings. The van der Waals surface area contributed by atoms with E-state index in [1.807, 2.05) is 36.4 Å². The second kappa shape index (κ2) is 11.0. The van der Waals surface area contributed by atoms with E-state index in [4.69, 9.17) is 10.8 Å². The second-order valence-electron chi connectivity index (χ2n) is 10.1. The van der Waals surface area contributed by atoms with E-state index in [1.54, 1.807) is 24.3 Å². The number of nitrogens with two attached hydrogens (primary N) is 1. The molecule has 3 amide bonds. The predicted molar refractivity (Wildman–Crippen MR) is 147 cm³/mol. The van der Waals surface area contributed by atoms with Crippen molar-refractivity contribution in [3.8, 4) is 5.69 Å². The molecule has 1 unspecified atom stereocenters. The first-order valence-electron chi connectivity index (χ1n) is 13.0. The van der Waals surface area contributed by atoms with Gasteiger partial charge in [-0.3, -0.25) is 9.59 Å². The molecule has 0 saturated heterocycles. The molecule has 1 aromatic heterocycles. The Bertz CT molecular complexity index is 1650. The van der Waals surface area contributed by atoms with Crippen molar-refractivity contribution in [3.63, 3.8) is 0 Å². The van der Waals surface area contributed by atoms with Crippen molar-refractivity contribution >= 4 is 23.6 Å². The molecule has 1 atom stereocenters. The summed E-state index contributed by atoms with van der Waals surface area (Å²) in [4.78, 5) is 36.8. The van der Waals surface area contributed by atoms with E-state index in [0.717, 1.165) is 15.8 Å². The first kappa shape index (κ1) is 28.4. The average Bonchev–Trinajstić information content (AvgIpc) is 3.61. The number of hydrogen-bond donors (Lipinski definition) is 4. The monoisotopic (exact) mass is 577 g/mol. The van der Waals surface area contributed by atoms with Gasteiger partial charge in [-0.15, -0.1) is 0 Å². The maximum absolute atomic E-state index is 13.6. The Kier molecular flexibility index (Phi) is 7.46. The first-order valence-corrected chi connectivity index (χ1v) is 13.0. The van der Waals surface area contributed by atoms with Crippen LogP contribution in [0.25, 0.3) is 5.69 Å². The van der Waals surface area contributed by atoms with Gasteiger partial charge in [0.1, 0.15) is 5.69 Å². The number of primary amides is 1. The zero-order chi connectivity index (χ0) is 30.1. The lowest BCUT2D eigenvalue weighted by Crippen LogP contribution is -2.31. The van der Waals surface area contributed by atoms with Gasteiger partial charge in [0, 0.05) is 24.2 Å². The lowest BCUT2D eigenvalue weighted by atomic mass is 9.77. The number of alkyl halides is 3. The van der Waals surface area contributed by atoms with Crippen LogP contribution in [0.15, 0.2) is 84.9 Å². The average molecular weight is 578 g/mol. The van der Waals surface area contributed by atoms with Crippen LogP contribution in [-0.4, -0.2) is 32.8 Å². The highest BCUT2D eigenvalue weighted by molar-refractivity contribution is 6.03. The van der Waals surface area contributed by atoms with E-state index in [9.17, 15) is 27.6 Å². The van der Waals surface area contributed by atoms with Gasteiger partial charge in [-0.05, 0) is 53.8 Å². The second-order valence-corrected chi connectivity index (χ2v) is 10.1. The van der Waals surface area contributed by atoms with E-state index >= 15 is 0 Å². The van der Waals surface area contributed by atoms with Gasteiger partial charge in [0.05, 0.1) is 11.1 Å². The van der Waals surface area contributed by atoms with Gasteiger partial charge in [0.25, 0.3) is 5.91 Å². The van der Waals surface area contributed by atoms with Crippen LogP contribution in [0.2, 0.25) is 0 Å². The smallest absolute Gasteiger partial charge is 0.435 e. The number of carbonyl (C=O) groups excluding carboxylic acids is 2. The summed E-state index contributed by atoms with van der Waals surface area (Å²) >= 11 is 0. The zero-order valence-corrected chi connectivity index (χ0v) is 22.1.